The molecule has 3 aromatic carbocycles. The number of hydrogen-bond acceptors (Lipinski definition) is 4. The number of benzene rings is 3. The number of rotatable bonds is 6. The van der Waals surface area contributed by atoms with Crippen LogP contribution in [0, 0.1) is 11.3 Å². The number of carbonyl (C=O) groups excluding carboxylic acids is 1. The van der Waals surface area contributed by atoms with Gasteiger partial charge >= 0.3 is 0 Å². The molecule has 0 unspecified atom stereocenters. The highest BCUT2D eigenvalue weighted by Crippen LogP contribution is 2.41. The standard InChI is InChI=1S/C27H23N3OS/c1-19-24(26(31)30-22-15-9-4-10-16-22)25(21-13-7-3-8-14-21)23(17-28)27(29-19)32-18-20-11-5-2-6-12-20/h2-16,25,29H,18H2,1H3,(H,30,31)/t25-/m0/s1. The quantitative estimate of drug-likeness (QED) is 0.500. The molecule has 1 heterocycles. The van der Waals surface area contributed by atoms with Gasteiger partial charge in [0.2, 0.25) is 0 Å². The summed E-state index contributed by atoms with van der Waals surface area (Å²) in [5, 5.41) is 17.3. The Morgan fingerprint density at radius 1 is 0.969 bits per heavy atom. The maximum atomic E-state index is 13.4. The predicted octanol–water partition coefficient (Wildman–Crippen LogP) is 5.95. The van der Waals surface area contributed by atoms with E-state index in [0.717, 1.165) is 27.7 Å². The van der Waals surface area contributed by atoms with E-state index in [1.54, 1.807) is 11.8 Å². The van der Waals surface area contributed by atoms with Gasteiger partial charge in [0.15, 0.2) is 0 Å². The summed E-state index contributed by atoms with van der Waals surface area (Å²) < 4.78 is 0. The summed E-state index contributed by atoms with van der Waals surface area (Å²) in [6.45, 7) is 1.90. The van der Waals surface area contributed by atoms with Gasteiger partial charge in [0, 0.05) is 22.7 Å². The molecular weight excluding hydrogens is 414 g/mol. The Kier molecular flexibility index (Phi) is 6.74. The largest absolute Gasteiger partial charge is 0.353 e. The Morgan fingerprint density at radius 3 is 2.19 bits per heavy atom. The van der Waals surface area contributed by atoms with Crippen molar-refractivity contribution in [3.63, 3.8) is 0 Å². The first-order valence-corrected chi connectivity index (χ1v) is 11.4. The first-order chi connectivity index (χ1) is 15.7. The van der Waals surface area contributed by atoms with Crippen molar-refractivity contribution in [3.8, 4) is 6.07 Å². The zero-order valence-corrected chi connectivity index (χ0v) is 18.5. The van der Waals surface area contributed by atoms with E-state index in [4.69, 9.17) is 0 Å². The van der Waals surface area contributed by atoms with Crippen molar-refractivity contribution < 1.29 is 4.79 Å². The number of nitrogens with one attached hydrogen (secondary N) is 2. The summed E-state index contributed by atoms with van der Waals surface area (Å²) in [4.78, 5) is 13.4. The molecule has 3 aromatic rings. The van der Waals surface area contributed by atoms with Crippen LogP contribution in [0.25, 0.3) is 0 Å². The zero-order chi connectivity index (χ0) is 22.3. The lowest BCUT2D eigenvalue weighted by atomic mass is 9.82. The number of hydrogen-bond donors (Lipinski definition) is 2. The molecule has 2 N–H and O–H groups in total. The Morgan fingerprint density at radius 2 is 1.56 bits per heavy atom. The topological polar surface area (TPSA) is 64.9 Å². The molecule has 1 amide bonds. The second-order valence-electron chi connectivity index (χ2n) is 7.46. The fourth-order valence-electron chi connectivity index (χ4n) is 3.76. The van der Waals surface area contributed by atoms with Crippen LogP contribution in [0.5, 0.6) is 0 Å². The summed E-state index contributed by atoms with van der Waals surface area (Å²) >= 11 is 1.58. The van der Waals surface area contributed by atoms with Crippen LogP contribution in [0.2, 0.25) is 0 Å². The lowest BCUT2D eigenvalue weighted by molar-refractivity contribution is -0.113. The molecule has 4 rings (SSSR count). The van der Waals surface area contributed by atoms with Crippen LogP contribution in [0.4, 0.5) is 5.69 Å². The average Bonchev–Trinajstić information content (AvgIpc) is 2.84. The van der Waals surface area contributed by atoms with Gasteiger partial charge in [-0.15, -0.1) is 11.8 Å². The smallest absolute Gasteiger partial charge is 0.254 e. The summed E-state index contributed by atoms with van der Waals surface area (Å²) in [6.07, 6.45) is 0. The molecule has 0 bridgehead atoms. The maximum absolute atomic E-state index is 13.4. The Labute approximate surface area is 192 Å². The van der Waals surface area contributed by atoms with Crippen molar-refractivity contribution in [2.24, 2.45) is 0 Å². The number of carbonyl (C=O) groups is 1. The van der Waals surface area contributed by atoms with Crippen LogP contribution < -0.4 is 10.6 Å². The van der Waals surface area contributed by atoms with Gasteiger partial charge < -0.3 is 10.6 Å². The summed E-state index contributed by atoms with van der Waals surface area (Å²) in [7, 11) is 0. The number of nitriles is 1. The van der Waals surface area contributed by atoms with Crippen molar-refractivity contribution in [3.05, 3.63) is 124 Å². The Balaban J connectivity index is 1.70. The molecular formula is C27H23N3OS. The third kappa shape index (κ3) is 4.77. The molecule has 158 valence electrons. The fourth-order valence-corrected chi connectivity index (χ4v) is 4.80. The van der Waals surface area contributed by atoms with Gasteiger partial charge in [0.1, 0.15) is 0 Å². The van der Waals surface area contributed by atoms with E-state index >= 15 is 0 Å². The molecule has 1 aliphatic heterocycles. The molecule has 1 aliphatic rings. The monoisotopic (exact) mass is 437 g/mol. The van der Waals surface area contributed by atoms with E-state index in [2.05, 4.69) is 28.8 Å². The van der Waals surface area contributed by atoms with Gasteiger partial charge in [0.05, 0.1) is 22.6 Å². The van der Waals surface area contributed by atoms with E-state index in [0.29, 0.717) is 11.1 Å². The van der Waals surface area contributed by atoms with Crippen LogP contribution in [0.3, 0.4) is 0 Å². The van der Waals surface area contributed by atoms with E-state index in [1.807, 2.05) is 85.8 Å². The number of allylic oxidation sites excluding steroid dienone is 2. The van der Waals surface area contributed by atoms with Gasteiger partial charge in [-0.25, -0.2) is 0 Å². The van der Waals surface area contributed by atoms with Crippen LogP contribution in [0.15, 0.2) is 113 Å². The first-order valence-electron chi connectivity index (χ1n) is 10.4. The van der Waals surface area contributed by atoms with Gasteiger partial charge in [-0.2, -0.15) is 5.26 Å². The molecule has 0 radical (unpaired) electrons. The minimum atomic E-state index is -0.440. The highest BCUT2D eigenvalue weighted by molar-refractivity contribution is 8.02. The van der Waals surface area contributed by atoms with Gasteiger partial charge in [-0.3, -0.25) is 4.79 Å². The minimum absolute atomic E-state index is 0.213. The molecule has 0 aliphatic carbocycles. The lowest BCUT2D eigenvalue weighted by Crippen LogP contribution is -2.30. The number of dihydropyridines is 1. The Hall–Kier alpha value is -3.75. The molecule has 4 nitrogen and oxygen atoms in total. The molecule has 0 fully saturated rings. The second kappa shape index (κ2) is 10.0. The summed E-state index contributed by atoms with van der Waals surface area (Å²) in [5.41, 5.74) is 4.68. The highest BCUT2D eigenvalue weighted by Gasteiger charge is 2.34. The summed E-state index contributed by atoms with van der Waals surface area (Å²) in [5.74, 6) is 0.0775. The number of thioether (sulfide) groups is 1. The van der Waals surface area contributed by atoms with Crippen molar-refractivity contribution in [1.29, 1.82) is 5.26 Å². The van der Waals surface area contributed by atoms with Crippen molar-refractivity contribution >= 4 is 23.4 Å². The van der Waals surface area contributed by atoms with Crippen molar-refractivity contribution in [2.75, 3.05) is 5.32 Å². The summed E-state index contributed by atoms with van der Waals surface area (Å²) in [6, 6.07) is 31.6. The Bertz CT molecular complexity index is 1200. The third-order valence-electron chi connectivity index (χ3n) is 5.28. The average molecular weight is 438 g/mol. The molecule has 5 heteroatoms. The molecule has 0 saturated carbocycles. The maximum Gasteiger partial charge on any atom is 0.254 e. The van der Waals surface area contributed by atoms with Crippen molar-refractivity contribution in [2.45, 2.75) is 18.6 Å². The molecule has 1 atom stereocenters. The van der Waals surface area contributed by atoms with Crippen molar-refractivity contribution in [1.82, 2.24) is 5.32 Å². The lowest BCUT2D eigenvalue weighted by Gasteiger charge is -2.30. The number of amides is 1. The second-order valence-corrected chi connectivity index (χ2v) is 8.44. The number of anilines is 1. The molecule has 0 spiro atoms. The van der Waals surface area contributed by atoms with Crippen LogP contribution in [-0.2, 0) is 10.5 Å². The van der Waals surface area contributed by atoms with Crippen LogP contribution in [-0.4, -0.2) is 5.91 Å². The fraction of sp³-hybridized carbons (Fsp3) is 0.111. The SMILES string of the molecule is CC1=C(C(=O)Nc2ccccc2)[C@@H](c2ccccc2)C(C#N)=C(SCc2ccccc2)N1. The van der Waals surface area contributed by atoms with Crippen LogP contribution in [0.1, 0.15) is 24.0 Å². The molecule has 0 aromatic heterocycles. The molecule has 0 saturated heterocycles. The third-order valence-corrected chi connectivity index (χ3v) is 6.37. The number of para-hydroxylation sites is 1. The highest BCUT2D eigenvalue weighted by atomic mass is 32.2. The molecule has 32 heavy (non-hydrogen) atoms. The van der Waals surface area contributed by atoms with E-state index < -0.39 is 5.92 Å². The van der Waals surface area contributed by atoms with Gasteiger partial charge in [-0.1, -0.05) is 78.9 Å². The predicted molar refractivity (Wildman–Crippen MR) is 130 cm³/mol. The van der Waals surface area contributed by atoms with E-state index in [-0.39, 0.29) is 5.91 Å². The number of nitrogens with zero attached hydrogens (tertiary/aromatic N) is 1. The van der Waals surface area contributed by atoms with E-state index in [9.17, 15) is 10.1 Å². The zero-order valence-electron chi connectivity index (χ0n) is 17.7. The van der Waals surface area contributed by atoms with E-state index in [1.165, 1.54) is 5.56 Å². The first kappa shape index (κ1) is 21.5. The van der Waals surface area contributed by atoms with Crippen LogP contribution >= 0.6 is 11.8 Å². The van der Waals surface area contributed by atoms with Gasteiger partial charge in [0.25, 0.3) is 5.91 Å². The normalized spacial score (nSPS) is 15.7. The minimum Gasteiger partial charge on any atom is -0.353 e. The van der Waals surface area contributed by atoms with Gasteiger partial charge in [-0.05, 0) is 30.2 Å².